The zero-order chi connectivity index (χ0) is 18.8. The summed E-state index contributed by atoms with van der Waals surface area (Å²) in [6, 6.07) is 6.54. The van der Waals surface area contributed by atoms with Gasteiger partial charge in [0, 0.05) is 19.1 Å². The van der Waals surface area contributed by atoms with Crippen LogP contribution in [-0.2, 0) is 9.59 Å². The number of amides is 4. The van der Waals surface area contributed by atoms with E-state index in [1.54, 1.807) is 36.1 Å². The molecule has 0 saturated carbocycles. The number of carbonyl (C=O) groups excluding carboxylic acids is 4. The number of likely N-dealkylation sites (tertiary alicyclic amines) is 1. The van der Waals surface area contributed by atoms with Crippen molar-refractivity contribution in [1.82, 2.24) is 15.1 Å². The molecule has 1 aromatic carbocycles. The third kappa shape index (κ3) is 3.58. The molecule has 4 amide bonds. The number of hydrogen-bond acceptors (Lipinski definition) is 4. The van der Waals surface area contributed by atoms with Gasteiger partial charge in [0.1, 0.15) is 11.9 Å². The highest BCUT2D eigenvalue weighted by Crippen LogP contribution is 2.22. The van der Waals surface area contributed by atoms with Gasteiger partial charge in [-0.2, -0.15) is 0 Å². The van der Waals surface area contributed by atoms with Gasteiger partial charge in [0.25, 0.3) is 11.8 Å². The van der Waals surface area contributed by atoms with Gasteiger partial charge in [0.2, 0.25) is 11.8 Å². The highest BCUT2D eigenvalue weighted by atomic mass is 35.5. The molecule has 0 bridgehead atoms. The average molecular weight is 378 g/mol. The Morgan fingerprint density at radius 3 is 2.19 bits per heavy atom. The van der Waals surface area contributed by atoms with Gasteiger partial charge in [0.15, 0.2) is 0 Å². The first-order valence-corrected chi connectivity index (χ1v) is 8.99. The summed E-state index contributed by atoms with van der Waals surface area (Å²) in [7, 11) is 0. The topological polar surface area (TPSA) is 86.8 Å². The lowest BCUT2D eigenvalue weighted by Crippen LogP contribution is -2.50. The van der Waals surface area contributed by atoms with E-state index in [1.807, 2.05) is 0 Å². The number of nitrogens with zero attached hydrogens (tertiary/aromatic N) is 2. The Balaban J connectivity index is 1.55. The molecule has 1 atom stereocenters. The van der Waals surface area contributed by atoms with Crippen molar-refractivity contribution in [3.8, 4) is 0 Å². The summed E-state index contributed by atoms with van der Waals surface area (Å²) in [5.74, 6) is -1.35. The van der Waals surface area contributed by atoms with Crippen LogP contribution >= 0.6 is 11.6 Å². The summed E-state index contributed by atoms with van der Waals surface area (Å²) in [6.45, 7) is 2.27. The molecule has 1 N–H and O–H groups in total. The lowest BCUT2D eigenvalue weighted by Gasteiger charge is -2.33. The molecule has 1 fully saturated rings. The summed E-state index contributed by atoms with van der Waals surface area (Å²) >= 11 is 5.74. The molecule has 3 rings (SSSR count). The van der Waals surface area contributed by atoms with Crippen molar-refractivity contribution in [3.05, 3.63) is 35.4 Å². The molecule has 1 saturated heterocycles. The van der Waals surface area contributed by atoms with Crippen molar-refractivity contribution in [2.24, 2.45) is 0 Å². The number of alkyl halides is 1. The van der Waals surface area contributed by atoms with Crippen LogP contribution in [0, 0.1) is 0 Å². The molecule has 1 unspecified atom stereocenters. The second kappa shape index (κ2) is 7.45. The highest BCUT2D eigenvalue weighted by Gasteiger charge is 2.37. The van der Waals surface area contributed by atoms with E-state index in [4.69, 9.17) is 11.6 Å². The maximum atomic E-state index is 12.5. The van der Waals surface area contributed by atoms with Gasteiger partial charge in [-0.05, 0) is 31.9 Å². The number of benzene rings is 1. The number of rotatable bonds is 4. The van der Waals surface area contributed by atoms with Crippen LogP contribution in [-0.4, -0.2) is 64.5 Å². The number of piperidine rings is 1. The van der Waals surface area contributed by atoms with E-state index < -0.39 is 17.2 Å². The number of halogens is 1. The second-order valence-electron chi connectivity index (χ2n) is 6.52. The van der Waals surface area contributed by atoms with Gasteiger partial charge >= 0.3 is 0 Å². The normalized spacial score (nSPS) is 18.7. The molecule has 8 heteroatoms. The minimum atomic E-state index is -0.594. The summed E-state index contributed by atoms with van der Waals surface area (Å²) in [4.78, 5) is 51.4. The minimum absolute atomic E-state index is 0.0212. The average Bonchev–Trinajstić information content (AvgIpc) is 2.87. The van der Waals surface area contributed by atoms with E-state index in [2.05, 4.69) is 5.32 Å². The first kappa shape index (κ1) is 18.4. The number of hydrogen-bond donors (Lipinski definition) is 1. The smallest absolute Gasteiger partial charge is 0.262 e. The summed E-state index contributed by atoms with van der Waals surface area (Å²) < 4.78 is 0. The maximum Gasteiger partial charge on any atom is 0.262 e. The first-order valence-electron chi connectivity index (χ1n) is 8.56. The van der Waals surface area contributed by atoms with Gasteiger partial charge in [-0.25, -0.2) is 0 Å². The predicted octanol–water partition coefficient (Wildman–Crippen LogP) is 1.02. The Hall–Kier alpha value is -2.41. The van der Waals surface area contributed by atoms with Crippen LogP contribution in [0.3, 0.4) is 0 Å². The zero-order valence-corrected chi connectivity index (χ0v) is 15.2. The van der Waals surface area contributed by atoms with E-state index in [-0.39, 0.29) is 24.4 Å². The van der Waals surface area contributed by atoms with Crippen LogP contribution in [0.4, 0.5) is 0 Å². The SMILES string of the molecule is CC(Cl)C(=O)NC1CCN(C(=O)CN2C(=O)c3ccccc3C2=O)CC1. The Labute approximate surface area is 156 Å². The van der Waals surface area contributed by atoms with Gasteiger partial charge in [-0.1, -0.05) is 12.1 Å². The quantitative estimate of drug-likeness (QED) is 0.627. The van der Waals surface area contributed by atoms with E-state index in [0.29, 0.717) is 37.1 Å². The standard InChI is InChI=1S/C18H20ClN3O4/c1-11(19)16(24)20-12-6-8-21(9-7-12)15(23)10-22-17(25)13-4-2-3-5-14(13)18(22)26/h2-5,11-12H,6-10H2,1H3,(H,20,24). The first-order chi connectivity index (χ1) is 12.4. The molecular weight excluding hydrogens is 358 g/mol. The third-order valence-electron chi connectivity index (χ3n) is 4.73. The van der Waals surface area contributed by atoms with Crippen molar-refractivity contribution in [2.75, 3.05) is 19.6 Å². The molecule has 2 heterocycles. The second-order valence-corrected chi connectivity index (χ2v) is 7.18. The lowest BCUT2D eigenvalue weighted by molar-refractivity contribution is -0.132. The molecule has 2 aliphatic rings. The van der Waals surface area contributed by atoms with Crippen LogP contribution < -0.4 is 5.32 Å². The monoisotopic (exact) mass is 377 g/mol. The van der Waals surface area contributed by atoms with E-state index in [0.717, 1.165) is 4.90 Å². The largest absolute Gasteiger partial charge is 0.352 e. The fourth-order valence-corrected chi connectivity index (χ4v) is 3.27. The summed E-state index contributed by atoms with van der Waals surface area (Å²) in [6.07, 6.45) is 1.23. The predicted molar refractivity (Wildman–Crippen MR) is 94.9 cm³/mol. The Bertz CT molecular complexity index is 722. The van der Waals surface area contributed by atoms with E-state index >= 15 is 0 Å². The Morgan fingerprint density at radius 1 is 1.15 bits per heavy atom. The highest BCUT2D eigenvalue weighted by molar-refractivity contribution is 6.30. The molecule has 138 valence electrons. The lowest BCUT2D eigenvalue weighted by atomic mass is 10.0. The van der Waals surface area contributed by atoms with E-state index in [1.165, 1.54) is 0 Å². The van der Waals surface area contributed by atoms with E-state index in [9.17, 15) is 19.2 Å². The van der Waals surface area contributed by atoms with Crippen LogP contribution in [0.15, 0.2) is 24.3 Å². The molecule has 0 spiro atoms. The summed E-state index contributed by atoms with van der Waals surface area (Å²) in [5, 5.41) is 2.26. The van der Waals surface area contributed by atoms with Gasteiger partial charge in [-0.3, -0.25) is 24.1 Å². The molecule has 1 aromatic rings. The van der Waals surface area contributed by atoms with Crippen molar-refractivity contribution in [2.45, 2.75) is 31.2 Å². The number of imide groups is 1. The Morgan fingerprint density at radius 2 is 1.69 bits per heavy atom. The summed E-state index contributed by atoms with van der Waals surface area (Å²) in [5.41, 5.74) is 0.670. The molecule has 26 heavy (non-hydrogen) atoms. The molecule has 0 aliphatic carbocycles. The van der Waals surface area contributed by atoms with Crippen LogP contribution in [0.2, 0.25) is 0 Å². The maximum absolute atomic E-state index is 12.5. The number of carbonyl (C=O) groups is 4. The number of nitrogens with one attached hydrogen (secondary N) is 1. The van der Waals surface area contributed by atoms with Crippen molar-refractivity contribution >= 4 is 35.2 Å². The molecule has 2 aliphatic heterocycles. The van der Waals surface area contributed by atoms with Crippen LogP contribution in [0.1, 0.15) is 40.5 Å². The van der Waals surface area contributed by atoms with Gasteiger partial charge < -0.3 is 10.2 Å². The van der Waals surface area contributed by atoms with Crippen molar-refractivity contribution in [1.29, 1.82) is 0 Å². The fraction of sp³-hybridized carbons (Fsp3) is 0.444. The minimum Gasteiger partial charge on any atom is -0.352 e. The van der Waals surface area contributed by atoms with Gasteiger partial charge in [0.05, 0.1) is 11.1 Å². The zero-order valence-electron chi connectivity index (χ0n) is 14.4. The van der Waals surface area contributed by atoms with Gasteiger partial charge in [-0.15, -0.1) is 11.6 Å². The number of fused-ring (bicyclic) bond motifs is 1. The van der Waals surface area contributed by atoms with Crippen molar-refractivity contribution in [3.63, 3.8) is 0 Å². The van der Waals surface area contributed by atoms with Crippen molar-refractivity contribution < 1.29 is 19.2 Å². The molecular formula is C18H20ClN3O4. The molecule has 7 nitrogen and oxygen atoms in total. The Kier molecular flexibility index (Phi) is 5.27. The van der Waals surface area contributed by atoms with Crippen LogP contribution in [0.5, 0.6) is 0 Å². The van der Waals surface area contributed by atoms with Crippen LogP contribution in [0.25, 0.3) is 0 Å². The molecule has 0 aromatic heterocycles. The fourth-order valence-electron chi connectivity index (χ4n) is 3.21. The third-order valence-corrected chi connectivity index (χ3v) is 4.93. The molecule has 0 radical (unpaired) electrons.